The van der Waals surface area contributed by atoms with E-state index >= 15 is 0 Å². The molecule has 0 saturated heterocycles. The van der Waals surface area contributed by atoms with Crippen LogP contribution in [-0.4, -0.2) is 16.7 Å². The molecule has 0 unspecified atom stereocenters. The number of methoxy groups -OCH3 is 1. The first-order chi connectivity index (χ1) is 7.28. The van der Waals surface area contributed by atoms with Crippen LogP contribution in [0.3, 0.4) is 0 Å². The molecule has 0 fully saturated rings. The predicted octanol–water partition coefficient (Wildman–Crippen LogP) is 2.70. The summed E-state index contributed by atoms with van der Waals surface area (Å²) in [5, 5.41) is 0. The van der Waals surface area contributed by atoms with Gasteiger partial charge in [-0.1, -0.05) is 12.1 Å². The highest BCUT2D eigenvalue weighted by molar-refractivity contribution is 9.10. The third-order valence-corrected chi connectivity index (χ3v) is 2.54. The molecule has 2 rings (SSSR count). The van der Waals surface area contributed by atoms with Crippen molar-refractivity contribution in [2.75, 3.05) is 7.11 Å². The van der Waals surface area contributed by atoms with Gasteiger partial charge in [-0.15, -0.1) is 0 Å². The molecule has 4 heteroatoms. The molecular formula is C11H11BrN2O. The topological polar surface area (TPSA) is 27.1 Å². The Bertz CT molecular complexity index is 436. The van der Waals surface area contributed by atoms with Gasteiger partial charge in [-0.25, -0.2) is 4.98 Å². The second kappa shape index (κ2) is 4.49. The monoisotopic (exact) mass is 266 g/mol. The average molecular weight is 267 g/mol. The SMILES string of the molecule is COc1ccc(Cn2cnc(Br)c2)cc1. The number of hydrogen-bond donors (Lipinski definition) is 0. The molecule has 0 amide bonds. The van der Waals surface area contributed by atoms with Crippen molar-refractivity contribution in [3.63, 3.8) is 0 Å². The molecule has 0 saturated carbocycles. The molecule has 0 aliphatic rings. The molecule has 0 aliphatic carbocycles. The van der Waals surface area contributed by atoms with Crippen LogP contribution in [0.4, 0.5) is 0 Å². The van der Waals surface area contributed by atoms with Crippen LogP contribution in [0.2, 0.25) is 0 Å². The van der Waals surface area contributed by atoms with Gasteiger partial charge in [0, 0.05) is 12.7 Å². The number of imidazole rings is 1. The normalized spacial score (nSPS) is 10.3. The van der Waals surface area contributed by atoms with E-state index in [0.717, 1.165) is 16.9 Å². The smallest absolute Gasteiger partial charge is 0.124 e. The van der Waals surface area contributed by atoms with Crippen molar-refractivity contribution in [1.82, 2.24) is 9.55 Å². The van der Waals surface area contributed by atoms with Gasteiger partial charge in [0.2, 0.25) is 0 Å². The minimum absolute atomic E-state index is 0.822. The van der Waals surface area contributed by atoms with E-state index in [0.29, 0.717) is 0 Å². The lowest BCUT2D eigenvalue weighted by atomic mass is 10.2. The fraction of sp³-hybridized carbons (Fsp3) is 0.182. The standard InChI is InChI=1S/C11H11BrN2O/c1-15-10-4-2-9(3-5-10)6-14-7-11(12)13-8-14/h2-5,7-8H,6H2,1H3. The van der Waals surface area contributed by atoms with Crippen molar-refractivity contribution < 1.29 is 4.74 Å². The zero-order chi connectivity index (χ0) is 10.7. The summed E-state index contributed by atoms with van der Waals surface area (Å²) < 4.78 is 7.97. The maximum absolute atomic E-state index is 5.10. The van der Waals surface area contributed by atoms with Crippen molar-refractivity contribution in [2.24, 2.45) is 0 Å². The minimum atomic E-state index is 0.822. The van der Waals surface area contributed by atoms with Gasteiger partial charge in [-0.2, -0.15) is 0 Å². The predicted molar refractivity (Wildman–Crippen MR) is 62.0 cm³/mol. The molecule has 1 aromatic heterocycles. The lowest BCUT2D eigenvalue weighted by Gasteiger charge is -2.03. The Kier molecular flexibility index (Phi) is 3.06. The first-order valence-electron chi connectivity index (χ1n) is 4.58. The molecule has 1 aromatic carbocycles. The van der Waals surface area contributed by atoms with Crippen molar-refractivity contribution in [3.05, 3.63) is 47.0 Å². The molecule has 0 radical (unpaired) electrons. The average Bonchev–Trinajstić information content (AvgIpc) is 2.65. The van der Waals surface area contributed by atoms with E-state index in [1.54, 1.807) is 13.4 Å². The second-order valence-electron chi connectivity index (χ2n) is 3.22. The van der Waals surface area contributed by atoms with E-state index in [4.69, 9.17) is 4.74 Å². The Morgan fingerprint density at radius 2 is 2.07 bits per heavy atom. The van der Waals surface area contributed by atoms with Crippen LogP contribution < -0.4 is 4.74 Å². The van der Waals surface area contributed by atoms with Crippen LogP contribution in [0.1, 0.15) is 5.56 Å². The molecular weight excluding hydrogens is 256 g/mol. The summed E-state index contributed by atoms with van der Waals surface area (Å²) in [6, 6.07) is 8.02. The summed E-state index contributed by atoms with van der Waals surface area (Å²) in [7, 11) is 1.67. The minimum Gasteiger partial charge on any atom is -0.497 e. The van der Waals surface area contributed by atoms with Gasteiger partial charge >= 0.3 is 0 Å². The molecule has 1 heterocycles. The van der Waals surface area contributed by atoms with Gasteiger partial charge in [0.05, 0.1) is 13.4 Å². The van der Waals surface area contributed by atoms with Crippen LogP contribution in [-0.2, 0) is 6.54 Å². The molecule has 0 spiro atoms. The maximum Gasteiger partial charge on any atom is 0.124 e. The van der Waals surface area contributed by atoms with Crippen molar-refractivity contribution in [3.8, 4) is 5.75 Å². The number of nitrogens with zero attached hydrogens (tertiary/aromatic N) is 2. The summed E-state index contributed by atoms with van der Waals surface area (Å²) in [5.41, 5.74) is 1.22. The lowest BCUT2D eigenvalue weighted by Crippen LogP contribution is -1.96. The Hall–Kier alpha value is -1.29. The molecule has 3 nitrogen and oxygen atoms in total. The summed E-state index contributed by atoms with van der Waals surface area (Å²) in [5.74, 6) is 0.880. The molecule has 78 valence electrons. The molecule has 2 aromatic rings. The van der Waals surface area contributed by atoms with Crippen LogP contribution in [0.15, 0.2) is 41.4 Å². The Balaban J connectivity index is 2.11. The zero-order valence-corrected chi connectivity index (χ0v) is 9.94. The number of aromatic nitrogens is 2. The summed E-state index contributed by atoms with van der Waals surface area (Å²) in [6.07, 6.45) is 3.75. The van der Waals surface area contributed by atoms with Gasteiger partial charge in [0.1, 0.15) is 10.4 Å². The highest BCUT2D eigenvalue weighted by Crippen LogP contribution is 2.13. The molecule has 15 heavy (non-hydrogen) atoms. The van der Waals surface area contributed by atoms with Crippen molar-refractivity contribution in [2.45, 2.75) is 6.54 Å². The van der Waals surface area contributed by atoms with Gasteiger partial charge < -0.3 is 9.30 Å². The maximum atomic E-state index is 5.10. The van der Waals surface area contributed by atoms with Gasteiger partial charge in [0.15, 0.2) is 0 Å². The summed E-state index contributed by atoms with van der Waals surface area (Å²) >= 11 is 3.32. The van der Waals surface area contributed by atoms with Crippen LogP contribution in [0, 0.1) is 0 Å². The van der Waals surface area contributed by atoms with Crippen molar-refractivity contribution in [1.29, 1.82) is 0 Å². The Labute approximate surface area is 96.8 Å². The summed E-state index contributed by atoms with van der Waals surface area (Å²) in [6.45, 7) is 0.822. The van der Waals surface area contributed by atoms with E-state index in [1.165, 1.54) is 5.56 Å². The number of hydrogen-bond acceptors (Lipinski definition) is 2. The van der Waals surface area contributed by atoms with Crippen LogP contribution in [0.5, 0.6) is 5.75 Å². The Morgan fingerprint density at radius 3 is 2.60 bits per heavy atom. The number of ether oxygens (including phenoxy) is 1. The highest BCUT2D eigenvalue weighted by atomic mass is 79.9. The summed E-state index contributed by atoms with van der Waals surface area (Å²) in [4.78, 5) is 4.10. The quantitative estimate of drug-likeness (QED) is 0.854. The fourth-order valence-electron chi connectivity index (χ4n) is 1.36. The zero-order valence-electron chi connectivity index (χ0n) is 8.35. The fourth-order valence-corrected chi connectivity index (χ4v) is 1.72. The third-order valence-electron chi connectivity index (χ3n) is 2.13. The largest absolute Gasteiger partial charge is 0.497 e. The molecule has 0 N–H and O–H groups in total. The second-order valence-corrected chi connectivity index (χ2v) is 4.03. The van der Waals surface area contributed by atoms with E-state index in [1.807, 2.05) is 35.0 Å². The molecule has 0 atom stereocenters. The van der Waals surface area contributed by atoms with Crippen molar-refractivity contribution >= 4 is 15.9 Å². The first kappa shape index (κ1) is 10.2. The van der Waals surface area contributed by atoms with E-state index < -0.39 is 0 Å². The molecule has 0 bridgehead atoms. The van der Waals surface area contributed by atoms with E-state index in [2.05, 4.69) is 20.9 Å². The van der Waals surface area contributed by atoms with Gasteiger partial charge in [0.25, 0.3) is 0 Å². The lowest BCUT2D eigenvalue weighted by molar-refractivity contribution is 0.414. The van der Waals surface area contributed by atoms with Gasteiger partial charge in [-0.3, -0.25) is 0 Å². The highest BCUT2D eigenvalue weighted by Gasteiger charge is 1.97. The number of benzene rings is 1. The first-order valence-corrected chi connectivity index (χ1v) is 5.37. The molecule has 0 aliphatic heterocycles. The third kappa shape index (κ3) is 2.59. The number of halogens is 1. The van der Waals surface area contributed by atoms with E-state index in [9.17, 15) is 0 Å². The van der Waals surface area contributed by atoms with E-state index in [-0.39, 0.29) is 0 Å². The van der Waals surface area contributed by atoms with Crippen LogP contribution in [0.25, 0.3) is 0 Å². The van der Waals surface area contributed by atoms with Crippen LogP contribution >= 0.6 is 15.9 Å². The van der Waals surface area contributed by atoms with Gasteiger partial charge in [-0.05, 0) is 33.6 Å². The number of rotatable bonds is 3. The Morgan fingerprint density at radius 1 is 1.33 bits per heavy atom.